The molecule has 0 radical (unpaired) electrons. The van der Waals surface area contributed by atoms with E-state index in [1.165, 1.54) is 0 Å². The van der Waals surface area contributed by atoms with Crippen LogP contribution in [-0.2, 0) is 23.5 Å². The number of hydrogen-bond acceptors (Lipinski definition) is 4. The van der Waals surface area contributed by atoms with Crippen molar-refractivity contribution in [3.63, 3.8) is 0 Å². The normalized spacial score (nSPS) is 17.2. The highest BCUT2D eigenvalue weighted by Crippen LogP contribution is 2.32. The molecule has 24 heavy (non-hydrogen) atoms. The summed E-state index contributed by atoms with van der Waals surface area (Å²) in [5.74, 6) is 0. The fourth-order valence-corrected chi connectivity index (χ4v) is 5.03. The van der Waals surface area contributed by atoms with Gasteiger partial charge in [0.1, 0.15) is 4.90 Å². The number of rotatable bonds is 3. The van der Waals surface area contributed by atoms with Gasteiger partial charge in [-0.15, -0.1) is 12.4 Å². The van der Waals surface area contributed by atoms with Crippen LogP contribution >= 0.6 is 12.4 Å². The van der Waals surface area contributed by atoms with Crippen LogP contribution in [0.5, 0.6) is 0 Å². The number of fused-ring (bicyclic) bond motifs is 1. The summed E-state index contributed by atoms with van der Waals surface area (Å²) in [5.41, 5.74) is 9.86. The minimum Gasteiger partial charge on any atom is -0.399 e. The minimum absolute atomic E-state index is 0. The third-order valence-corrected chi connectivity index (χ3v) is 6.21. The summed E-state index contributed by atoms with van der Waals surface area (Å²) in [6, 6.07) is 5.48. The summed E-state index contributed by atoms with van der Waals surface area (Å²) < 4.78 is 30.1. The molecule has 2 aromatic rings. The number of nitrogen functional groups attached to an aromatic ring is 1. The molecule has 1 atom stereocenters. The molecule has 0 fully saturated rings. The lowest BCUT2D eigenvalue weighted by Crippen LogP contribution is -2.31. The first kappa shape index (κ1) is 18.8. The number of aryl methyl sites for hydroxylation is 3. The van der Waals surface area contributed by atoms with Crippen molar-refractivity contribution in [2.45, 2.75) is 44.0 Å². The average Bonchev–Trinajstić information content (AvgIpc) is 2.72. The van der Waals surface area contributed by atoms with Crippen LogP contribution in [0.4, 0.5) is 5.69 Å². The van der Waals surface area contributed by atoms with Gasteiger partial charge in [0.25, 0.3) is 0 Å². The molecule has 3 N–H and O–H groups in total. The van der Waals surface area contributed by atoms with Gasteiger partial charge in [-0.2, -0.15) is 5.10 Å². The number of nitrogens with zero attached hydrogens (tertiary/aromatic N) is 2. The summed E-state index contributed by atoms with van der Waals surface area (Å²) in [6.07, 6.45) is 2.66. The van der Waals surface area contributed by atoms with Gasteiger partial charge >= 0.3 is 0 Å². The van der Waals surface area contributed by atoms with E-state index in [-0.39, 0.29) is 23.3 Å². The van der Waals surface area contributed by atoms with Crippen molar-refractivity contribution in [2.75, 3.05) is 5.73 Å². The Bertz CT molecular complexity index is 861. The van der Waals surface area contributed by atoms with Crippen molar-refractivity contribution in [3.8, 4) is 0 Å². The van der Waals surface area contributed by atoms with Crippen molar-refractivity contribution >= 4 is 28.1 Å². The quantitative estimate of drug-likeness (QED) is 0.812. The summed E-state index contributed by atoms with van der Waals surface area (Å²) in [5, 5.41) is 4.21. The predicted molar refractivity (Wildman–Crippen MR) is 96.8 cm³/mol. The maximum absolute atomic E-state index is 12.8. The number of anilines is 1. The third-order valence-electron chi connectivity index (χ3n) is 4.49. The number of hydrogen-bond donors (Lipinski definition) is 2. The number of sulfonamides is 1. The predicted octanol–water partition coefficient (Wildman–Crippen LogP) is 2.40. The summed E-state index contributed by atoms with van der Waals surface area (Å²) in [4.78, 5) is 0.280. The van der Waals surface area contributed by atoms with E-state index in [9.17, 15) is 8.42 Å². The molecule has 1 aromatic carbocycles. The first-order chi connectivity index (χ1) is 10.8. The average molecular weight is 371 g/mol. The fraction of sp³-hybridized carbons (Fsp3) is 0.438. The molecule has 1 aliphatic rings. The lowest BCUT2D eigenvalue weighted by molar-refractivity contribution is 0.507. The molecule has 6 nitrogen and oxygen atoms in total. The zero-order valence-corrected chi connectivity index (χ0v) is 15.7. The van der Waals surface area contributed by atoms with Gasteiger partial charge in [0.15, 0.2) is 0 Å². The number of halogens is 1. The SMILES string of the molecule is Cc1nn(C)c(C)c1S(=O)(=O)NC1CCCc2cc(N)ccc21.Cl. The smallest absolute Gasteiger partial charge is 0.244 e. The maximum Gasteiger partial charge on any atom is 0.244 e. The molecule has 1 unspecified atom stereocenters. The van der Waals surface area contributed by atoms with Gasteiger partial charge in [-0.1, -0.05) is 6.07 Å². The monoisotopic (exact) mass is 370 g/mol. The lowest BCUT2D eigenvalue weighted by Gasteiger charge is -2.26. The van der Waals surface area contributed by atoms with Crippen LogP contribution in [0.1, 0.15) is 41.4 Å². The van der Waals surface area contributed by atoms with Crippen molar-refractivity contribution in [1.29, 1.82) is 0 Å². The minimum atomic E-state index is -3.62. The standard InChI is InChI=1S/C16H22N4O2S.ClH/c1-10-16(11(2)20(3)18-10)23(21,22)19-15-6-4-5-12-9-13(17)7-8-14(12)15;/h7-9,15,19H,4-6,17H2,1-3H3;1H. The Morgan fingerprint density at radius 3 is 2.67 bits per heavy atom. The second-order valence-corrected chi connectivity index (χ2v) is 7.80. The van der Waals surface area contributed by atoms with Crippen LogP contribution in [0, 0.1) is 13.8 Å². The lowest BCUT2D eigenvalue weighted by atomic mass is 9.88. The molecule has 0 saturated heterocycles. The Hall–Kier alpha value is -1.57. The fourth-order valence-electron chi connectivity index (χ4n) is 3.35. The van der Waals surface area contributed by atoms with E-state index in [2.05, 4.69) is 9.82 Å². The highest BCUT2D eigenvalue weighted by Gasteiger charge is 2.29. The van der Waals surface area contributed by atoms with Gasteiger partial charge in [0.05, 0.1) is 11.4 Å². The van der Waals surface area contributed by atoms with Gasteiger partial charge in [0.2, 0.25) is 10.0 Å². The van der Waals surface area contributed by atoms with E-state index in [1.54, 1.807) is 25.6 Å². The van der Waals surface area contributed by atoms with E-state index in [1.807, 2.05) is 18.2 Å². The molecular weight excluding hydrogens is 348 g/mol. The Kier molecular flexibility index (Phi) is 5.27. The molecule has 0 bridgehead atoms. The topological polar surface area (TPSA) is 90.0 Å². The molecule has 3 rings (SSSR count). The molecule has 1 aromatic heterocycles. The third kappa shape index (κ3) is 3.29. The zero-order chi connectivity index (χ0) is 16.8. The Labute approximate surface area is 148 Å². The number of nitrogens with one attached hydrogen (secondary N) is 1. The highest BCUT2D eigenvalue weighted by atomic mass is 35.5. The molecule has 0 aliphatic heterocycles. The summed E-state index contributed by atoms with van der Waals surface area (Å²) in [7, 11) is -1.87. The second kappa shape index (κ2) is 6.74. The van der Waals surface area contributed by atoms with Gasteiger partial charge in [-0.25, -0.2) is 13.1 Å². The van der Waals surface area contributed by atoms with Crippen LogP contribution < -0.4 is 10.5 Å². The second-order valence-electron chi connectivity index (χ2n) is 6.15. The Balaban J connectivity index is 0.00000208. The van der Waals surface area contributed by atoms with Gasteiger partial charge in [-0.3, -0.25) is 4.68 Å². The van der Waals surface area contributed by atoms with E-state index in [0.717, 1.165) is 30.4 Å². The number of benzene rings is 1. The van der Waals surface area contributed by atoms with E-state index < -0.39 is 10.0 Å². The van der Waals surface area contributed by atoms with Crippen LogP contribution in [0.3, 0.4) is 0 Å². The molecule has 8 heteroatoms. The van der Waals surface area contributed by atoms with Crippen molar-refractivity contribution < 1.29 is 8.42 Å². The highest BCUT2D eigenvalue weighted by molar-refractivity contribution is 7.89. The van der Waals surface area contributed by atoms with Crippen molar-refractivity contribution in [3.05, 3.63) is 40.7 Å². The zero-order valence-electron chi connectivity index (χ0n) is 14.0. The Morgan fingerprint density at radius 1 is 1.33 bits per heavy atom. The molecule has 1 aliphatic carbocycles. The van der Waals surface area contributed by atoms with Crippen LogP contribution in [0.25, 0.3) is 0 Å². The Morgan fingerprint density at radius 2 is 2.04 bits per heavy atom. The van der Waals surface area contributed by atoms with Crippen LogP contribution in [-0.4, -0.2) is 18.2 Å². The first-order valence-electron chi connectivity index (χ1n) is 7.70. The maximum atomic E-state index is 12.8. The van der Waals surface area contributed by atoms with Gasteiger partial charge in [-0.05, 0) is 56.4 Å². The van der Waals surface area contributed by atoms with Crippen molar-refractivity contribution in [2.24, 2.45) is 7.05 Å². The van der Waals surface area contributed by atoms with Crippen LogP contribution in [0.2, 0.25) is 0 Å². The van der Waals surface area contributed by atoms with E-state index in [0.29, 0.717) is 17.1 Å². The van der Waals surface area contributed by atoms with Crippen LogP contribution in [0.15, 0.2) is 23.1 Å². The first-order valence-corrected chi connectivity index (χ1v) is 9.19. The molecular formula is C16H23ClN4O2S. The molecule has 0 spiro atoms. The van der Waals surface area contributed by atoms with Gasteiger partial charge in [0, 0.05) is 18.8 Å². The largest absolute Gasteiger partial charge is 0.399 e. The van der Waals surface area contributed by atoms with Gasteiger partial charge < -0.3 is 5.73 Å². The molecule has 0 amide bonds. The molecule has 0 saturated carbocycles. The summed E-state index contributed by atoms with van der Waals surface area (Å²) in [6.45, 7) is 3.49. The van der Waals surface area contributed by atoms with E-state index >= 15 is 0 Å². The molecule has 1 heterocycles. The molecule has 132 valence electrons. The number of aromatic nitrogens is 2. The summed E-state index contributed by atoms with van der Waals surface area (Å²) >= 11 is 0. The van der Waals surface area contributed by atoms with Crippen molar-refractivity contribution in [1.82, 2.24) is 14.5 Å². The number of nitrogens with two attached hydrogens (primary N) is 1. The van der Waals surface area contributed by atoms with E-state index in [4.69, 9.17) is 5.73 Å².